The molecule has 0 bridgehead atoms. The van der Waals surface area contributed by atoms with Crippen LogP contribution in [0.15, 0.2) is 0 Å². The van der Waals surface area contributed by atoms with Crippen LogP contribution >= 0.6 is 0 Å². The molecule has 0 radical (unpaired) electrons. The van der Waals surface area contributed by atoms with Crippen LogP contribution in [0.2, 0.25) is 0 Å². The first kappa shape index (κ1) is 13.4. The van der Waals surface area contributed by atoms with Crippen molar-refractivity contribution in [1.29, 1.82) is 0 Å². The van der Waals surface area contributed by atoms with Crippen molar-refractivity contribution in [2.45, 2.75) is 19.4 Å². The van der Waals surface area contributed by atoms with Gasteiger partial charge in [-0.25, -0.2) is 0 Å². The SMILES string of the molecule is COCC(C)CNCC(O)CC(=O)O. The lowest BCUT2D eigenvalue weighted by Crippen LogP contribution is -2.32. The number of aliphatic hydroxyl groups excluding tert-OH is 1. The van der Waals surface area contributed by atoms with Crippen LogP contribution in [0.25, 0.3) is 0 Å². The quantitative estimate of drug-likeness (QED) is 0.507. The van der Waals surface area contributed by atoms with Crippen molar-refractivity contribution in [2.75, 3.05) is 26.8 Å². The fourth-order valence-electron chi connectivity index (χ4n) is 1.11. The Morgan fingerprint density at radius 1 is 1.50 bits per heavy atom. The Labute approximate surface area is 84.1 Å². The maximum absolute atomic E-state index is 10.2. The van der Waals surface area contributed by atoms with E-state index in [0.29, 0.717) is 25.6 Å². The molecule has 0 aliphatic heterocycles. The Morgan fingerprint density at radius 3 is 2.64 bits per heavy atom. The van der Waals surface area contributed by atoms with Gasteiger partial charge in [0, 0.05) is 20.3 Å². The van der Waals surface area contributed by atoms with Crippen LogP contribution in [0, 0.1) is 5.92 Å². The highest BCUT2D eigenvalue weighted by Crippen LogP contribution is 1.94. The molecule has 14 heavy (non-hydrogen) atoms. The lowest BCUT2D eigenvalue weighted by molar-refractivity contribution is -0.139. The van der Waals surface area contributed by atoms with Crippen molar-refractivity contribution >= 4 is 5.97 Å². The van der Waals surface area contributed by atoms with Crippen LogP contribution in [0.3, 0.4) is 0 Å². The van der Waals surface area contributed by atoms with E-state index in [1.54, 1.807) is 7.11 Å². The highest BCUT2D eigenvalue weighted by atomic mass is 16.5. The summed E-state index contributed by atoms with van der Waals surface area (Å²) in [4.78, 5) is 10.2. The van der Waals surface area contributed by atoms with E-state index in [9.17, 15) is 9.90 Å². The first-order chi connectivity index (χ1) is 6.56. The predicted molar refractivity (Wildman–Crippen MR) is 52.2 cm³/mol. The molecule has 0 spiro atoms. The lowest BCUT2D eigenvalue weighted by Gasteiger charge is -2.13. The molecule has 3 N–H and O–H groups in total. The van der Waals surface area contributed by atoms with E-state index >= 15 is 0 Å². The third kappa shape index (κ3) is 7.97. The number of aliphatic carboxylic acids is 1. The number of carbonyl (C=O) groups is 1. The van der Waals surface area contributed by atoms with Crippen molar-refractivity contribution in [2.24, 2.45) is 5.92 Å². The first-order valence-corrected chi connectivity index (χ1v) is 4.65. The summed E-state index contributed by atoms with van der Waals surface area (Å²) in [6, 6.07) is 0. The van der Waals surface area contributed by atoms with E-state index in [1.165, 1.54) is 0 Å². The molecule has 5 heteroatoms. The number of methoxy groups -OCH3 is 1. The Balaban J connectivity index is 3.38. The van der Waals surface area contributed by atoms with Crippen LogP contribution in [0.5, 0.6) is 0 Å². The van der Waals surface area contributed by atoms with Gasteiger partial charge in [0.2, 0.25) is 0 Å². The summed E-state index contributed by atoms with van der Waals surface area (Å²) >= 11 is 0. The molecule has 0 aromatic heterocycles. The Morgan fingerprint density at radius 2 is 2.14 bits per heavy atom. The molecular weight excluding hydrogens is 186 g/mol. The van der Waals surface area contributed by atoms with E-state index in [2.05, 4.69) is 5.32 Å². The number of hydrogen-bond donors (Lipinski definition) is 3. The summed E-state index contributed by atoms with van der Waals surface area (Å²) in [5, 5.41) is 20.5. The van der Waals surface area contributed by atoms with E-state index in [-0.39, 0.29) is 6.42 Å². The summed E-state index contributed by atoms with van der Waals surface area (Å²) in [5.74, 6) is -0.624. The molecule has 0 amide bonds. The minimum atomic E-state index is -0.982. The maximum atomic E-state index is 10.2. The van der Waals surface area contributed by atoms with E-state index in [0.717, 1.165) is 0 Å². The molecule has 2 unspecified atom stereocenters. The molecule has 0 aliphatic carbocycles. The summed E-state index contributed by atoms with van der Waals surface area (Å²) < 4.78 is 4.93. The molecular formula is C9H19NO4. The lowest BCUT2D eigenvalue weighted by atomic mass is 10.2. The molecule has 0 saturated carbocycles. The average molecular weight is 205 g/mol. The summed E-state index contributed by atoms with van der Waals surface area (Å²) in [6.07, 6.45) is -1.03. The van der Waals surface area contributed by atoms with Gasteiger partial charge in [-0.15, -0.1) is 0 Å². The van der Waals surface area contributed by atoms with Gasteiger partial charge in [0.25, 0.3) is 0 Å². The van der Waals surface area contributed by atoms with Gasteiger partial charge in [0.05, 0.1) is 12.5 Å². The van der Waals surface area contributed by atoms with Crippen molar-refractivity contribution < 1.29 is 19.7 Å². The van der Waals surface area contributed by atoms with Crippen molar-refractivity contribution in [3.8, 4) is 0 Å². The fourth-order valence-corrected chi connectivity index (χ4v) is 1.11. The van der Waals surface area contributed by atoms with Gasteiger partial charge < -0.3 is 20.3 Å². The summed E-state index contributed by atoms with van der Waals surface area (Å²) in [7, 11) is 1.63. The molecule has 0 aliphatic rings. The van der Waals surface area contributed by atoms with Crippen molar-refractivity contribution in [1.82, 2.24) is 5.32 Å². The topological polar surface area (TPSA) is 78.8 Å². The van der Waals surface area contributed by atoms with E-state index in [1.807, 2.05) is 6.92 Å². The number of rotatable bonds is 8. The summed E-state index contributed by atoms with van der Waals surface area (Å²) in [5.41, 5.74) is 0. The molecule has 84 valence electrons. The van der Waals surface area contributed by atoms with Gasteiger partial charge in [-0.1, -0.05) is 6.92 Å². The largest absolute Gasteiger partial charge is 0.481 e. The zero-order valence-electron chi connectivity index (χ0n) is 8.69. The highest BCUT2D eigenvalue weighted by Gasteiger charge is 2.09. The second-order valence-corrected chi connectivity index (χ2v) is 3.47. The zero-order valence-corrected chi connectivity index (χ0v) is 8.69. The number of carboxylic acid groups (broad SMARTS) is 1. The number of ether oxygens (including phenoxy) is 1. The van der Waals surface area contributed by atoms with E-state index < -0.39 is 12.1 Å². The second kappa shape index (κ2) is 7.73. The Bertz CT molecular complexity index is 163. The van der Waals surface area contributed by atoms with Crippen LogP contribution in [-0.4, -0.2) is 49.1 Å². The minimum absolute atomic E-state index is 0.217. The van der Waals surface area contributed by atoms with Gasteiger partial charge in [0.15, 0.2) is 0 Å². The number of aliphatic hydroxyl groups is 1. The molecule has 5 nitrogen and oxygen atoms in total. The van der Waals surface area contributed by atoms with Gasteiger partial charge in [0.1, 0.15) is 0 Å². The molecule has 0 aromatic rings. The van der Waals surface area contributed by atoms with Gasteiger partial charge in [-0.2, -0.15) is 0 Å². The van der Waals surface area contributed by atoms with Gasteiger partial charge in [-0.05, 0) is 12.5 Å². The third-order valence-corrected chi connectivity index (χ3v) is 1.73. The van der Waals surface area contributed by atoms with Crippen LogP contribution in [-0.2, 0) is 9.53 Å². The smallest absolute Gasteiger partial charge is 0.306 e. The molecule has 0 heterocycles. The van der Waals surface area contributed by atoms with Crippen LogP contribution < -0.4 is 5.32 Å². The molecule has 0 rings (SSSR count). The molecule has 0 aromatic carbocycles. The molecule has 2 atom stereocenters. The van der Waals surface area contributed by atoms with Crippen LogP contribution in [0.4, 0.5) is 0 Å². The van der Waals surface area contributed by atoms with Crippen molar-refractivity contribution in [3.63, 3.8) is 0 Å². The predicted octanol–water partition coefficient (Wildman–Crippen LogP) is -0.306. The number of hydrogen-bond acceptors (Lipinski definition) is 4. The monoisotopic (exact) mass is 205 g/mol. The number of carboxylic acids is 1. The number of nitrogens with one attached hydrogen (secondary N) is 1. The highest BCUT2D eigenvalue weighted by molar-refractivity contribution is 5.67. The second-order valence-electron chi connectivity index (χ2n) is 3.47. The average Bonchev–Trinajstić information content (AvgIpc) is 2.02. The maximum Gasteiger partial charge on any atom is 0.306 e. The summed E-state index contributed by atoms with van der Waals surface area (Å²) in [6.45, 7) is 3.69. The Hall–Kier alpha value is -0.650. The van der Waals surface area contributed by atoms with Crippen LogP contribution in [0.1, 0.15) is 13.3 Å². The Kier molecular flexibility index (Phi) is 7.37. The zero-order chi connectivity index (χ0) is 11.0. The van der Waals surface area contributed by atoms with Gasteiger partial charge in [-0.3, -0.25) is 4.79 Å². The van der Waals surface area contributed by atoms with Gasteiger partial charge >= 0.3 is 5.97 Å². The van der Waals surface area contributed by atoms with E-state index in [4.69, 9.17) is 9.84 Å². The standard InChI is InChI=1S/C9H19NO4/c1-7(6-14-2)4-10-5-8(11)3-9(12)13/h7-8,10-11H,3-6H2,1-2H3,(H,12,13). The molecule has 0 fully saturated rings. The fraction of sp³-hybridized carbons (Fsp3) is 0.889. The first-order valence-electron chi connectivity index (χ1n) is 4.65. The van der Waals surface area contributed by atoms with Crippen molar-refractivity contribution in [3.05, 3.63) is 0 Å². The molecule has 0 saturated heterocycles. The minimum Gasteiger partial charge on any atom is -0.481 e. The normalized spacial score (nSPS) is 15.1. The third-order valence-electron chi connectivity index (χ3n) is 1.73.